The Hall–Kier alpha value is -1.65. The van der Waals surface area contributed by atoms with Gasteiger partial charge in [0, 0.05) is 18.7 Å². The van der Waals surface area contributed by atoms with Gasteiger partial charge in [0.05, 0.1) is 13.1 Å². The van der Waals surface area contributed by atoms with Gasteiger partial charge < -0.3 is 21.1 Å². The average molecular weight is 530 g/mol. The van der Waals surface area contributed by atoms with E-state index in [1.165, 1.54) is 0 Å². The Bertz CT molecular complexity index is 779. The van der Waals surface area contributed by atoms with E-state index in [9.17, 15) is 9.90 Å². The molecular formula is C21H31IN4O2S. The van der Waals surface area contributed by atoms with Crippen LogP contribution in [0.4, 0.5) is 5.69 Å². The molecule has 1 unspecified atom stereocenters. The van der Waals surface area contributed by atoms with Crippen LogP contribution in [0.2, 0.25) is 0 Å². The predicted octanol–water partition coefficient (Wildman–Crippen LogP) is 4.07. The number of hydrogen-bond acceptors (Lipinski definition) is 4. The highest BCUT2D eigenvalue weighted by Gasteiger charge is 2.23. The van der Waals surface area contributed by atoms with E-state index in [1.54, 1.807) is 18.3 Å². The van der Waals surface area contributed by atoms with E-state index in [2.05, 4.69) is 20.9 Å². The molecule has 1 aromatic carbocycles. The molecule has 0 aliphatic heterocycles. The van der Waals surface area contributed by atoms with E-state index in [4.69, 9.17) is 0 Å². The van der Waals surface area contributed by atoms with Crippen molar-refractivity contribution in [2.45, 2.75) is 45.8 Å². The SMILES string of the molecule is CCCC(=O)Nc1cccc(CN=C(NCC)NCC(C)(O)c2ccsc2)c1.I. The van der Waals surface area contributed by atoms with Gasteiger partial charge in [0.2, 0.25) is 5.91 Å². The number of benzene rings is 1. The van der Waals surface area contributed by atoms with Gasteiger partial charge in [-0.3, -0.25) is 4.79 Å². The van der Waals surface area contributed by atoms with Crippen LogP contribution in [0.1, 0.15) is 44.7 Å². The van der Waals surface area contributed by atoms with Gasteiger partial charge >= 0.3 is 0 Å². The molecule has 2 aromatic rings. The van der Waals surface area contributed by atoms with Crippen molar-refractivity contribution in [3.05, 3.63) is 52.2 Å². The van der Waals surface area contributed by atoms with Gasteiger partial charge in [-0.1, -0.05) is 19.1 Å². The van der Waals surface area contributed by atoms with E-state index in [1.807, 2.05) is 54.9 Å². The number of hydrogen-bond donors (Lipinski definition) is 4. The van der Waals surface area contributed by atoms with Crippen LogP contribution in [-0.2, 0) is 16.9 Å². The predicted molar refractivity (Wildman–Crippen MR) is 132 cm³/mol. The number of carbonyl (C=O) groups is 1. The topological polar surface area (TPSA) is 85.8 Å². The van der Waals surface area contributed by atoms with Crippen LogP contribution in [0.15, 0.2) is 46.1 Å². The van der Waals surface area contributed by atoms with E-state index < -0.39 is 5.60 Å². The zero-order chi connectivity index (χ0) is 20.4. The van der Waals surface area contributed by atoms with Gasteiger partial charge in [0.25, 0.3) is 0 Å². The molecule has 2 rings (SSSR count). The van der Waals surface area contributed by atoms with E-state index in [0.29, 0.717) is 25.5 Å². The van der Waals surface area contributed by atoms with E-state index in [0.717, 1.165) is 29.8 Å². The summed E-state index contributed by atoms with van der Waals surface area (Å²) < 4.78 is 0. The normalized spacial score (nSPS) is 13.2. The number of thiophene rings is 1. The summed E-state index contributed by atoms with van der Waals surface area (Å²) in [7, 11) is 0. The third-order valence-electron chi connectivity index (χ3n) is 4.19. The van der Waals surface area contributed by atoms with Crippen LogP contribution in [0, 0.1) is 0 Å². The molecule has 0 radical (unpaired) electrons. The smallest absolute Gasteiger partial charge is 0.224 e. The summed E-state index contributed by atoms with van der Waals surface area (Å²) in [6, 6.07) is 9.62. The zero-order valence-corrected chi connectivity index (χ0v) is 20.3. The van der Waals surface area contributed by atoms with E-state index >= 15 is 0 Å². The monoisotopic (exact) mass is 530 g/mol. The fourth-order valence-corrected chi connectivity index (χ4v) is 3.42. The first-order valence-electron chi connectivity index (χ1n) is 9.60. The van der Waals surface area contributed by atoms with Crippen LogP contribution in [-0.4, -0.2) is 30.1 Å². The molecule has 6 nitrogen and oxygen atoms in total. The average Bonchev–Trinajstić information content (AvgIpc) is 3.20. The number of nitrogens with zero attached hydrogens (tertiary/aromatic N) is 1. The minimum absolute atomic E-state index is 0. The summed E-state index contributed by atoms with van der Waals surface area (Å²) >= 11 is 1.56. The third kappa shape index (κ3) is 8.71. The fourth-order valence-electron chi connectivity index (χ4n) is 2.64. The molecule has 0 spiro atoms. The Morgan fingerprint density at radius 3 is 2.69 bits per heavy atom. The third-order valence-corrected chi connectivity index (χ3v) is 4.88. The molecule has 1 heterocycles. The molecule has 0 bridgehead atoms. The minimum atomic E-state index is -0.973. The zero-order valence-electron chi connectivity index (χ0n) is 17.2. The van der Waals surface area contributed by atoms with Crippen molar-refractivity contribution >= 4 is 52.9 Å². The molecular weight excluding hydrogens is 499 g/mol. The molecule has 1 atom stereocenters. The van der Waals surface area contributed by atoms with Crippen molar-refractivity contribution in [1.29, 1.82) is 0 Å². The summed E-state index contributed by atoms with van der Waals surface area (Å²) in [6.45, 7) is 7.30. The van der Waals surface area contributed by atoms with Gasteiger partial charge in [-0.2, -0.15) is 11.3 Å². The summed E-state index contributed by atoms with van der Waals surface area (Å²) in [6.07, 6.45) is 1.34. The Morgan fingerprint density at radius 2 is 2.03 bits per heavy atom. The van der Waals surface area contributed by atoms with Crippen LogP contribution >= 0.6 is 35.3 Å². The summed E-state index contributed by atoms with van der Waals surface area (Å²) in [5, 5.41) is 23.9. The highest BCUT2D eigenvalue weighted by Crippen LogP contribution is 2.22. The number of nitrogens with one attached hydrogen (secondary N) is 3. The lowest BCUT2D eigenvalue weighted by atomic mass is 9.99. The largest absolute Gasteiger partial charge is 0.384 e. The van der Waals surface area contributed by atoms with Crippen LogP contribution in [0.25, 0.3) is 0 Å². The van der Waals surface area contributed by atoms with Crippen molar-refractivity contribution in [2.24, 2.45) is 4.99 Å². The van der Waals surface area contributed by atoms with Crippen molar-refractivity contribution in [1.82, 2.24) is 10.6 Å². The maximum Gasteiger partial charge on any atom is 0.224 e. The van der Waals surface area contributed by atoms with Crippen molar-refractivity contribution in [3.63, 3.8) is 0 Å². The quantitative estimate of drug-likeness (QED) is 0.224. The van der Waals surface area contributed by atoms with Crippen LogP contribution in [0.3, 0.4) is 0 Å². The van der Waals surface area contributed by atoms with Crippen LogP contribution < -0.4 is 16.0 Å². The highest BCUT2D eigenvalue weighted by atomic mass is 127. The van der Waals surface area contributed by atoms with Gasteiger partial charge in [-0.15, -0.1) is 24.0 Å². The summed E-state index contributed by atoms with van der Waals surface area (Å²) in [4.78, 5) is 16.4. The first-order valence-corrected chi connectivity index (χ1v) is 10.5. The first-order chi connectivity index (χ1) is 13.4. The molecule has 0 aliphatic rings. The molecule has 0 aliphatic carbocycles. The van der Waals surface area contributed by atoms with Crippen molar-refractivity contribution < 1.29 is 9.90 Å². The Morgan fingerprint density at radius 1 is 1.24 bits per heavy atom. The summed E-state index contributed by atoms with van der Waals surface area (Å²) in [5.41, 5.74) is 1.69. The maximum absolute atomic E-state index is 11.8. The lowest BCUT2D eigenvalue weighted by Gasteiger charge is -2.24. The van der Waals surface area contributed by atoms with Gasteiger partial charge in [0.15, 0.2) is 5.96 Å². The number of carbonyl (C=O) groups excluding carboxylic acids is 1. The van der Waals surface area contributed by atoms with Crippen LogP contribution in [0.5, 0.6) is 0 Å². The standard InChI is InChI=1S/C21H30N4O2S.HI/c1-4-7-19(26)25-18-9-6-8-16(12-18)13-23-20(22-5-2)24-15-21(3,27)17-10-11-28-14-17;/h6,8-12,14,27H,4-5,7,13,15H2,1-3H3,(H,25,26)(H2,22,23,24);1H. The van der Waals surface area contributed by atoms with Gasteiger partial charge in [-0.05, 0) is 60.4 Å². The van der Waals surface area contributed by atoms with Gasteiger partial charge in [-0.25, -0.2) is 4.99 Å². The molecule has 0 fully saturated rings. The molecule has 29 heavy (non-hydrogen) atoms. The molecule has 4 N–H and O–H groups in total. The molecule has 1 amide bonds. The molecule has 0 saturated heterocycles. The molecule has 0 saturated carbocycles. The second-order valence-corrected chi connectivity index (χ2v) is 7.61. The number of anilines is 1. The number of aliphatic imine (C=N–C) groups is 1. The van der Waals surface area contributed by atoms with Crippen molar-refractivity contribution in [3.8, 4) is 0 Å². The Labute approximate surface area is 194 Å². The van der Waals surface area contributed by atoms with Gasteiger partial charge in [0.1, 0.15) is 5.60 Å². The summed E-state index contributed by atoms with van der Waals surface area (Å²) in [5.74, 6) is 0.659. The maximum atomic E-state index is 11.8. The number of halogens is 1. The molecule has 160 valence electrons. The number of amides is 1. The number of rotatable bonds is 9. The van der Waals surface area contributed by atoms with Crippen molar-refractivity contribution in [2.75, 3.05) is 18.4 Å². The Balaban J connectivity index is 0.00000420. The minimum Gasteiger partial charge on any atom is -0.384 e. The highest BCUT2D eigenvalue weighted by molar-refractivity contribution is 14.0. The Kier molecular flexibility index (Phi) is 11.2. The molecule has 8 heteroatoms. The molecule has 1 aromatic heterocycles. The lowest BCUT2D eigenvalue weighted by molar-refractivity contribution is -0.116. The second-order valence-electron chi connectivity index (χ2n) is 6.83. The number of aliphatic hydroxyl groups is 1. The fraction of sp³-hybridized carbons (Fsp3) is 0.429. The lowest BCUT2D eigenvalue weighted by Crippen LogP contribution is -2.44. The number of guanidine groups is 1. The second kappa shape index (κ2) is 12.8. The van der Waals surface area contributed by atoms with E-state index in [-0.39, 0.29) is 29.9 Å². The first kappa shape index (κ1) is 25.4.